The fourth-order valence-electron chi connectivity index (χ4n) is 2.83. The van der Waals surface area contributed by atoms with Crippen molar-refractivity contribution < 1.29 is 23.9 Å². The van der Waals surface area contributed by atoms with Gasteiger partial charge in [-0.1, -0.05) is 11.6 Å². The van der Waals surface area contributed by atoms with E-state index < -0.39 is 6.09 Å². The lowest BCUT2D eigenvalue weighted by molar-refractivity contribution is -0.142. The highest BCUT2D eigenvalue weighted by atomic mass is 35.5. The van der Waals surface area contributed by atoms with Crippen LogP contribution in [0.4, 0.5) is 4.79 Å². The Morgan fingerprint density at radius 2 is 2.12 bits per heavy atom. The normalized spacial score (nSPS) is 20.4. The number of hydrogen-bond donors (Lipinski definition) is 1. The average Bonchev–Trinajstić information content (AvgIpc) is 3.20. The van der Waals surface area contributed by atoms with Crippen molar-refractivity contribution in [2.45, 2.75) is 12.5 Å². The van der Waals surface area contributed by atoms with Crippen molar-refractivity contribution in [3.05, 3.63) is 21.3 Å². The third kappa shape index (κ3) is 4.87. The van der Waals surface area contributed by atoms with Gasteiger partial charge in [0.25, 0.3) is 5.91 Å². The second-order valence-electron chi connectivity index (χ2n) is 6.05. The Balaban J connectivity index is 1.38. The van der Waals surface area contributed by atoms with Gasteiger partial charge in [-0.3, -0.25) is 9.59 Å². The fourth-order valence-corrected chi connectivity index (χ4v) is 3.79. The van der Waals surface area contributed by atoms with Crippen molar-refractivity contribution in [2.75, 3.05) is 45.9 Å². The molecule has 0 spiro atoms. The summed E-state index contributed by atoms with van der Waals surface area (Å²) in [7, 11) is 0. The molecule has 0 bridgehead atoms. The van der Waals surface area contributed by atoms with E-state index in [0.717, 1.165) is 0 Å². The highest BCUT2D eigenvalue weighted by Gasteiger charge is 2.31. The molecule has 1 aromatic rings. The highest BCUT2D eigenvalue weighted by molar-refractivity contribution is 7.17. The van der Waals surface area contributed by atoms with Gasteiger partial charge in [-0.05, 0) is 18.6 Å². The lowest BCUT2D eigenvalue weighted by Crippen LogP contribution is -2.43. The highest BCUT2D eigenvalue weighted by Crippen LogP contribution is 2.21. The molecule has 8 nitrogen and oxygen atoms in total. The van der Waals surface area contributed by atoms with Crippen molar-refractivity contribution >= 4 is 40.8 Å². The van der Waals surface area contributed by atoms with E-state index in [1.807, 2.05) is 0 Å². The molecule has 3 heterocycles. The number of hydrogen-bond acceptors (Lipinski definition) is 6. The molecule has 2 aliphatic rings. The van der Waals surface area contributed by atoms with Gasteiger partial charge in [0.05, 0.1) is 28.9 Å². The van der Waals surface area contributed by atoms with Gasteiger partial charge in [-0.25, -0.2) is 4.79 Å². The molecule has 3 amide bonds. The predicted molar refractivity (Wildman–Crippen MR) is 95.5 cm³/mol. The minimum Gasteiger partial charge on any atom is -0.442 e. The first-order chi connectivity index (χ1) is 12.5. The largest absolute Gasteiger partial charge is 0.442 e. The number of morpholine rings is 1. The Kier molecular flexibility index (Phi) is 6.33. The predicted octanol–water partition coefficient (Wildman–Crippen LogP) is 1.20. The van der Waals surface area contributed by atoms with Crippen molar-refractivity contribution in [3.63, 3.8) is 0 Å². The van der Waals surface area contributed by atoms with E-state index in [-0.39, 0.29) is 31.1 Å². The second kappa shape index (κ2) is 8.70. The minimum atomic E-state index is -0.392. The van der Waals surface area contributed by atoms with Gasteiger partial charge in [0.15, 0.2) is 0 Å². The zero-order chi connectivity index (χ0) is 18.5. The van der Waals surface area contributed by atoms with Crippen LogP contribution in [-0.2, 0) is 14.3 Å². The molecule has 1 N–H and O–H groups in total. The minimum absolute atomic E-state index is 0.0190. The van der Waals surface area contributed by atoms with Crippen LogP contribution in [0, 0.1) is 0 Å². The van der Waals surface area contributed by atoms with Gasteiger partial charge in [0.2, 0.25) is 5.91 Å². The third-order valence-electron chi connectivity index (χ3n) is 4.18. The summed E-state index contributed by atoms with van der Waals surface area (Å²) in [5, 5.41) is 2.75. The van der Waals surface area contributed by atoms with Crippen LogP contribution in [0.25, 0.3) is 0 Å². The van der Waals surface area contributed by atoms with E-state index in [4.69, 9.17) is 21.1 Å². The van der Waals surface area contributed by atoms with Gasteiger partial charge in [-0.2, -0.15) is 0 Å². The SMILES string of the molecule is O=C(NCC1CN(CCCN2CCOCC2=O)C(=O)O1)c1ccc(Cl)s1. The number of carbonyl (C=O) groups is 3. The Morgan fingerprint density at radius 3 is 2.85 bits per heavy atom. The summed E-state index contributed by atoms with van der Waals surface area (Å²) in [6.45, 7) is 3.03. The molecule has 2 aliphatic heterocycles. The molecule has 1 atom stereocenters. The van der Waals surface area contributed by atoms with Crippen molar-refractivity contribution in [2.24, 2.45) is 0 Å². The average molecular weight is 402 g/mol. The van der Waals surface area contributed by atoms with E-state index in [0.29, 0.717) is 48.4 Å². The number of amides is 3. The van der Waals surface area contributed by atoms with Crippen molar-refractivity contribution in [3.8, 4) is 0 Å². The summed E-state index contributed by atoms with van der Waals surface area (Å²) in [6, 6.07) is 3.32. The molecule has 0 aliphatic carbocycles. The molecular formula is C16H20ClN3O5S. The van der Waals surface area contributed by atoms with Gasteiger partial charge >= 0.3 is 6.09 Å². The monoisotopic (exact) mass is 401 g/mol. The molecule has 0 radical (unpaired) electrons. The molecular weight excluding hydrogens is 382 g/mol. The van der Waals surface area contributed by atoms with Crippen LogP contribution in [0.1, 0.15) is 16.1 Å². The molecule has 0 saturated carbocycles. The number of thiophene rings is 1. The Bertz CT molecular complexity index is 683. The summed E-state index contributed by atoms with van der Waals surface area (Å²) in [5.74, 6) is -0.253. The van der Waals surface area contributed by atoms with Gasteiger partial charge in [0.1, 0.15) is 12.7 Å². The molecule has 142 valence electrons. The molecule has 1 aromatic heterocycles. The number of nitrogens with zero attached hydrogens (tertiary/aromatic N) is 2. The van der Waals surface area contributed by atoms with Crippen molar-refractivity contribution in [1.29, 1.82) is 0 Å². The maximum atomic E-state index is 12.0. The second-order valence-corrected chi connectivity index (χ2v) is 7.77. The Hall–Kier alpha value is -1.84. The fraction of sp³-hybridized carbons (Fsp3) is 0.562. The first-order valence-electron chi connectivity index (χ1n) is 8.37. The van der Waals surface area contributed by atoms with Crippen molar-refractivity contribution in [1.82, 2.24) is 15.1 Å². The first kappa shape index (κ1) is 18.9. The van der Waals surface area contributed by atoms with Gasteiger partial charge < -0.3 is 24.6 Å². The maximum absolute atomic E-state index is 12.0. The summed E-state index contributed by atoms with van der Waals surface area (Å²) >= 11 is 7.01. The molecule has 2 fully saturated rings. The Morgan fingerprint density at radius 1 is 1.31 bits per heavy atom. The van der Waals surface area contributed by atoms with Crippen LogP contribution in [0.15, 0.2) is 12.1 Å². The quantitative estimate of drug-likeness (QED) is 0.741. The lowest BCUT2D eigenvalue weighted by Gasteiger charge is -2.27. The first-order valence-corrected chi connectivity index (χ1v) is 9.57. The number of rotatable bonds is 7. The molecule has 0 aromatic carbocycles. The molecule has 26 heavy (non-hydrogen) atoms. The zero-order valence-corrected chi connectivity index (χ0v) is 15.7. The number of ether oxygens (including phenoxy) is 2. The van der Waals surface area contributed by atoms with E-state index in [9.17, 15) is 14.4 Å². The topological polar surface area (TPSA) is 88.2 Å². The smallest absolute Gasteiger partial charge is 0.410 e. The standard InChI is InChI=1S/C16H20ClN3O5S/c17-13-3-2-12(26-13)15(22)18-8-11-9-20(16(23)25-11)5-1-4-19-6-7-24-10-14(19)21/h2-3,11H,1,4-10H2,(H,18,22). The zero-order valence-electron chi connectivity index (χ0n) is 14.1. The summed E-state index contributed by atoms with van der Waals surface area (Å²) in [6.07, 6.45) is -0.100. The van der Waals surface area contributed by atoms with Gasteiger partial charge in [0, 0.05) is 19.6 Å². The number of cyclic esters (lactones) is 1. The van der Waals surface area contributed by atoms with Crippen LogP contribution in [0.2, 0.25) is 4.34 Å². The molecule has 2 saturated heterocycles. The van der Waals surface area contributed by atoms with E-state index in [2.05, 4.69) is 5.32 Å². The van der Waals surface area contributed by atoms with Crippen LogP contribution in [-0.4, -0.2) is 79.7 Å². The molecule has 3 rings (SSSR count). The summed E-state index contributed by atoms with van der Waals surface area (Å²) in [5.41, 5.74) is 0. The lowest BCUT2D eigenvalue weighted by atomic mass is 10.3. The Labute approximate surface area is 160 Å². The van der Waals surface area contributed by atoms with Crippen LogP contribution >= 0.6 is 22.9 Å². The maximum Gasteiger partial charge on any atom is 0.410 e. The number of carbonyl (C=O) groups excluding carboxylic acids is 3. The van der Waals surface area contributed by atoms with Gasteiger partial charge in [-0.15, -0.1) is 11.3 Å². The van der Waals surface area contributed by atoms with Crippen LogP contribution < -0.4 is 5.32 Å². The molecule has 1 unspecified atom stereocenters. The third-order valence-corrected chi connectivity index (χ3v) is 5.41. The number of halogens is 1. The van der Waals surface area contributed by atoms with Crippen LogP contribution in [0.3, 0.4) is 0 Å². The molecule has 10 heteroatoms. The van der Waals surface area contributed by atoms with E-state index >= 15 is 0 Å². The summed E-state index contributed by atoms with van der Waals surface area (Å²) < 4.78 is 10.9. The van der Waals surface area contributed by atoms with E-state index in [1.165, 1.54) is 11.3 Å². The summed E-state index contributed by atoms with van der Waals surface area (Å²) in [4.78, 5) is 39.4. The van der Waals surface area contributed by atoms with E-state index in [1.54, 1.807) is 21.9 Å². The van der Waals surface area contributed by atoms with Crippen LogP contribution in [0.5, 0.6) is 0 Å². The number of nitrogens with one attached hydrogen (secondary N) is 1.